The topological polar surface area (TPSA) is 72.4 Å². The summed E-state index contributed by atoms with van der Waals surface area (Å²) in [6, 6.07) is 13.0. The van der Waals surface area contributed by atoms with Gasteiger partial charge in [0.05, 0.1) is 28.9 Å². The lowest BCUT2D eigenvalue weighted by molar-refractivity contribution is 0.197. The van der Waals surface area contributed by atoms with Crippen molar-refractivity contribution in [3.05, 3.63) is 59.9 Å². The first kappa shape index (κ1) is 17.2. The Kier molecular flexibility index (Phi) is 4.52. The van der Waals surface area contributed by atoms with Gasteiger partial charge in [0.15, 0.2) is 0 Å². The minimum atomic E-state index is -3.61. The Morgan fingerprint density at radius 1 is 1.08 bits per heavy atom. The van der Waals surface area contributed by atoms with Gasteiger partial charge in [-0.3, -0.25) is 0 Å². The molecule has 0 N–H and O–H groups in total. The standard InChI is InChI=1S/C18H16ClN3O3S/c19-14-10-20-18(21-11-14)25-15-8-9-22(12-15)26(23,24)17-7-3-5-13-4-1-2-6-16(13)17/h1-7,10-11,15H,8-9,12H2/t15-/m0/s1. The molecule has 1 fully saturated rings. The van der Waals surface area contributed by atoms with E-state index in [1.807, 2.05) is 30.3 Å². The van der Waals surface area contributed by atoms with E-state index < -0.39 is 10.0 Å². The summed E-state index contributed by atoms with van der Waals surface area (Å²) in [5.74, 6) is 0. The molecule has 0 radical (unpaired) electrons. The van der Waals surface area contributed by atoms with Gasteiger partial charge in [-0.25, -0.2) is 18.4 Å². The van der Waals surface area contributed by atoms with Crippen molar-refractivity contribution in [3.63, 3.8) is 0 Å². The van der Waals surface area contributed by atoms with Crippen LogP contribution >= 0.6 is 11.6 Å². The van der Waals surface area contributed by atoms with Crippen molar-refractivity contribution in [3.8, 4) is 6.01 Å². The Hall–Kier alpha value is -2.22. The van der Waals surface area contributed by atoms with Gasteiger partial charge in [-0.15, -0.1) is 0 Å². The quantitative estimate of drug-likeness (QED) is 0.685. The molecule has 1 atom stereocenters. The second-order valence-electron chi connectivity index (χ2n) is 6.05. The first-order chi connectivity index (χ1) is 12.5. The maximum atomic E-state index is 13.1. The molecule has 0 saturated carbocycles. The second-order valence-corrected chi connectivity index (χ2v) is 8.40. The molecule has 8 heteroatoms. The fourth-order valence-corrected chi connectivity index (χ4v) is 4.88. The molecule has 2 heterocycles. The van der Waals surface area contributed by atoms with Crippen LogP contribution in [-0.4, -0.2) is 41.9 Å². The van der Waals surface area contributed by atoms with Crippen LogP contribution in [0.15, 0.2) is 59.8 Å². The molecule has 0 spiro atoms. The molecule has 0 unspecified atom stereocenters. The van der Waals surface area contributed by atoms with Crippen molar-refractivity contribution in [1.82, 2.24) is 14.3 Å². The highest BCUT2D eigenvalue weighted by atomic mass is 35.5. The number of benzene rings is 2. The molecule has 26 heavy (non-hydrogen) atoms. The van der Waals surface area contributed by atoms with Crippen LogP contribution in [0.4, 0.5) is 0 Å². The summed E-state index contributed by atoms with van der Waals surface area (Å²) in [5.41, 5.74) is 0. The predicted molar refractivity (Wildman–Crippen MR) is 98.8 cm³/mol. The Labute approximate surface area is 156 Å². The number of nitrogens with zero attached hydrogens (tertiary/aromatic N) is 3. The molecule has 6 nitrogen and oxygen atoms in total. The van der Waals surface area contributed by atoms with Crippen molar-refractivity contribution >= 4 is 32.4 Å². The van der Waals surface area contributed by atoms with Gasteiger partial charge in [-0.2, -0.15) is 4.31 Å². The summed E-state index contributed by atoms with van der Waals surface area (Å²) in [5, 5.41) is 2.04. The normalized spacial score (nSPS) is 18.3. The number of hydrogen-bond acceptors (Lipinski definition) is 5. The van der Waals surface area contributed by atoms with Gasteiger partial charge in [-0.1, -0.05) is 48.0 Å². The molecule has 0 aliphatic carbocycles. The summed E-state index contributed by atoms with van der Waals surface area (Å²) in [4.78, 5) is 8.31. The van der Waals surface area contributed by atoms with Crippen LogP contribution in [0.2, 0.25) is 5.02 Å². The number of aromatic nitrogens is 2. The van der Waals surface area contributed by atoms with Crippen molar-refractivity contribution in [2.24, 2.45) is 0 Å². The smallest absolute Gasteiger partial charge is 0.316 e. The highest BCUT2D eigenvalue weighted by Crippen LogP contribution is 2.28. The van der Waals surface area contributed by atoms with Gasteiger partial charge in [-0.05, 0) is 17.9 Å². The van der Waals surface area contributed by atoms with E-state index in [0.29, 0.717) is 22.9 Å². The van der Waals surface area contributed by atoms with E-state index in [1.165, 1.54) is 16.7 Å². The average molecular weight is 390 g/mol. The first-order valence-electron chi connectivity index (χ1n) is 8.16. The molecule has 0 amide bonds. The Morgan fingerprint density at radius 2 is 1.81 bits per heavy atom. The summed E-state index contributed by atoms with van der Waals surface area (Å²) in [6.45, 7) is 0.654. The van der Waals surface area contributed by atoms with E-state index in [2.05, 4.69) is 9.97 Å². The van der Waals surface area contributed by atoms with Gasteiger partial charge in [0, 0.05) is 11.9 Å². The minimum absolute atomic E-state index is 0.198. The number of rotatable bonds is 4. The van der Waals surface area contributed by atoms with Crippen LogP contribution in [0.5, 0.6) is 6.01 Å². The van der Waals surface area contributed by atoms with Gasteiger partial charge in [0.1, 0.15) is 6.10 Å². The number of ether oxygens (including phenoxy) is 1. The van der Waals surface area contributed by atoms with Crippen molar-refractivity contribution in [2.75, 3.05) is 13.1 Å². The van der Waals surface area contributed by atoms with Crippen molar-refractivity contribution in [2.45, 2.75) is 17.4 Å². The van der Waals surface area contributed by atoms with Crippen LogP contribution in [0.3, 0.4) is 0 Å². The number of sulfonamides is 1. The molecule has 1 aliphatic rings. The third-order valence-corrected chi connectivity index (χ3v) is 6.46. The average Bonchev–Trinajstić information content (AvgIpc) is 3.12. The third kappa shape index (κ3) is 3.25. The highest BCUT2D eigenvalue weighted by Gasteiger charge is 2.34. The summed E-state index contributed by atoms with van der Waals surface area (Å²) >= 11 is 5.76. The second kappa shape index (κ2) is 6.83. The van der Waals surface area contributed by atoms with E-state index in [9.17, 15) is 8.42 Å². The van der Waals surface area contributed by atoms with Crippen LogP contribution in [-0.2, 0) is 10.0 Å². The van der Waals surface area contributed by atoms with Gasteiger partial charge in [0.2, 0.25) is 10.0 Å². The maximum absolute atomic E-state index is 13.1. The fourth-order valence-electron chi connectivity index (χ4n) is 3.08. The monoisotopic (exact) mass is 389 g/mol. The third-order valence-electron chi connectivity index (χ3n) is 4.34. The molecule has 0 bridgehead atoms. The number of hydrogen-bond donors (Lipinski definition) is 0. The minimum Gasteiger partial charge on any atom is -0.459 e. The van der Waals surface area contributed by atoms with E-state index in [-0.39, 0.29) is 18.7 Å². The predicted octanol–water partition coefficient (Wildman–Crippen LogP) is 3.13. The summed E-state index contributed by atoms with van der Waals surface area (Å²) in [6.07, 6.45) is 3.18. The molecule has 134 valence electrons. The van der Waals surface area contributed by atoms with Gasteiger partial charge in [0.25, 0.3) is 0 Å². The lowest BCUT2D eigenvalue weighted by atomic mass is 10.1. The van der Waals surface area contributed by atoms with Crippen LogP contribution in [0.1, 0.15) is 6.42 Å². The lowest BCUT2D eigenvalue weighted by Gasteiger charge is -2.18. The van der Waals surface area contributed by atoms with E-state index >= 15 is 0 Å². The van der Waals surface area contributed by atoms with Crippen LogP contribution in [0, 0.1) is 0 Å². The molecule has 2 aromatic carbocycles. The van der Waals surface area contributed by atoms with E-state index in [0.717, 1.165) is 10.8 Å². The maximum Gasteiger partial charge on any atom is 0.316 e. The zero-order valence-electron chi connectivity index (χ0n) is 13.7. The number of fused-ring (bicyclic) bond motifs is 1. The van der Waals surface area contributed by atoms with E-state index in [1.54, 1.807) is 12.1 Å². The fraction of sp³-hybridized carbons (Fsp3) is 0.222. The molecule has 1 aromatic heterocycles. The number of halogens is 1. The SMILES string of the molecule is O=S(=O)(c1cccc2ccccc12)N1CC[C@H](Oc2ncc(Cl)cn2)C1. The largest absolute Gasteiger partial charge is 0.459 e. The Balaban J connectivity index is 1.56. The molecular weight excluding hydrogens is 374 g/mol. The zero-order chi connectivity index (χ0) is 18.1. The molecular formula is C18H16ClN3O3S. The summed E-state index contributed by atoms with van der Waals surface area (Å²) < 4.78 is 33.4. The van der Waals surface area contributed by atoms with Crippen LogP contribution in [0.25, 0.3) is 10.8 Å². The van der Waals surface area contributed by atoms with Crippen molar-refractivity contribution in [1.29, 1.82) is 0 Å². The molecule has 4 rings (SSSR count). The van der Waals surface area contributed by atoms with Crippen molar-refractivity contribution < 1.29 is 13.2 Å². The van der Waals surface area contributed by atoms with Crippen LogP contribution < -0.4 is 4.74 Å². The zero-order valence-corrected chi connectivity index (χ0v) is 15.3. The Morgan fingerprint density at radius 3 is 2.62 bits per heavy atom. The van der Waals surface area contributed by atoms with E-state index in [4.69, 9.17) is 16.3 Å². The molecule has 1 aliphatic heterocycles. The molecule has 1 saturated heterocycles. The van der Waals surface area contributed by atoms with Gasteiger partial charge >= 0.3 is 6.01 Å². The Bertz CT molecular complexity index is 1040. The lowest BCUT2D eigenvalue weighted by Crippen LogP contribution is -2.31. The van der Waals surface area contributed by atoms with Gasteiger partial charge < -0.3 is 4.74 Å². The summed E-state index contributed by atoms with van der Waals surface area (Å²) in [7, 11) is -3.61. The highest BCUT2D eigenvalue weighted by molar-refractivity contribution is 7.89. The molecule has 3 aromatic rings. The first-order valence-corrected chi connectivity index (χ1v) is 9.98.